The first-order valence-corrected chi connectivity index (χ1v) is 6.42. The highest BCUT2D eigenvalue weighted by molar-refractivity contribution is 5.87. The second-order valence-electron chi connectivity index (χ2n) is 4.84. The number of aryl methyl sites for hydroxylation is 3. The van der Waals surface area contributed by atoms with E-state index >= 15 is 0 Å². The van der Waals surface area contributed by atoms with Crippen LogP contribution >= 0.6 is 0 Å². The third-order valence-electron chi connectivity index (χ3n) is 3.21. The lowest BCUT2D eigenvalue weighted by Crippen LogP contribution is -1.97. The molecule has 0 saturated heterocycles. The van der Waals surface area contributed by atoms with E-state index in [-0.39, 0.29) is 12.4 Å². The van der Waals surface area contributed by atoms with E-state index in [0.717, 1.165) is 11.3 Å². The van der Waals surface area contributed by atoms with Crippen molar-refractivity contribution in [3.05, 3.63) is 52.3 Å². The minimum Gasteiger partial charge on any atom is -0.505 e. The van der Waals surface area contributed by atoms with Gasteiger partial charge >= 0.3 is 0 Å². The number of hydrogen-bond donors (Lipinski definition) is 2. The van der Waals surface area contributed by atoms with E-state index in [0.29, 0.717) is 16.8 Å². The molecule has 1 heterocycles. The van der Waals surface area contributed by atoms with Crippen LogP contribution in [-0.4, -0.2) is 21.4 Å². The summed E-state index contributed by atoms with van der Waals surface area (Å²) < 4.78 is 0. The van der Waals surface area contributed by atoms with Crippen LogP contribution in [0.15, 0.2) is 29.4 Å². The largest absolute Gasteiger partial charge is 0.505 e. The molecule has 0 spiro atoms. The van der Waals surface area contributed by atoms with Crippen LogP contribution in [0.2, 0.25) is 0 Å². The summed E-state index contributed by atoms with van der Waals surface area (Å²) in [5.41, 5.74) is 4.68. The monoisotopic (exact) mass is 270 g/mol. The molecule has 0 bridgehead atoms. The second kappa shape index (κ2) is 5.84. The van der Waals surface area contributed by atoms with Crippen molar-refractivity contribution in [3.63, 3.8) is 0 Å². The third-order valence-corrected chi connectivity index (χ3v) is 3.21. The molecular formula is C16H18N2O2. The molecule has 0 aliphatic carbocycles. The van der Waals surface area contributed by atoms with Crippen molar-refractivity contribution in [2.75, 3.05) is 0 Å². The van der Waals surface area contributed by atoms with Crippen LogP contribution in [0.1, 0.15) is 27.9 Å². The molecular weight excluding hydrogens is 252 g/mol. The zero-order valence-electron chi connectivity index (χ0n) is 11.9. The van der Waals surface area contributed by atoms with Crippen LogP contribution < -0.4 is 0 Å². The molecule has 2 rings (SSSR count). The number of aromatic hydroxyl groups is 1. The van der Waals surface area contributed by atoms with Gasteiger partial charge in [-0.3, -0.25) is 9.98 Å². The predicted octanol–water partition coefficient (Wildman–Crippen LogP) is 2.96. The van der Waals surface area contributed by atoms with Crippen molar-refractivity contribution in [3.8, 4) is 5.75 Å². The molecule has 104 valence electrons. The molecule has 1 aromatic carbocycles. The highest BCUT2D eigenvalue weighted by atomic mass is 16.3. The second-order valence-corrected chi connectivity index (χ2v) is 4.84. The maximum Gasteiger partial charge on any atom is 0.145 e. The topological polar surface area (TPSA) is 65.7 Å². The van der Waals surface area contributed by atoms with Crippen LogP contribution in [0.25, 0.3) is 0 Å². The lowest BCUT2D eigenvalue weighted by molar-refractivity contribution is 0.280. The quantitative estimate of drug-likeness (QED) is 0.843. The summed E-state index contributed by atoms with van der Waals surface area (Å²) in [5, 5.41) is 19.3. The Balaban J connectivity index is 2.43. The Morgan fingerprint density at radius 1 is 1.25 bits per heavy atom. The Morgan fingerprint density at radius 2 is 2.00 bits per heavy atom. The van der Waals surface area contributed by atoms with Gasteiger partial charge in [-0.2, -0.15) is 0 Å². The van der Waals surface area contributed by atoms with Crippen molar-refractivity contribution in [1.29, 1.82) is 0 Å². The highest BCUT2D eigenvalue weighted by Gasteiger charge is 2.09. The van der Waals surface area contributed by atoms with Crippen molar-refractivity contribution in [2.24, 2.45) is 4.99 Å². The summed E-state index contributed by atoms with van der Waals surface area (Å²) in [6, 6.07) is 5.98. The molecule has 0 saturated carbocycles. The molecule has 2 N–H and O–H groups in total. The molecule has 2 aromatic rings. The van der Waals surface area contributed by atoms with E-state index in [9.17, 15) is 10.2 Å². The fraction of sp³-hybridized carbons (Fsp3) is 0.250. The normalized spacial score (nSPS) is 11.2. The van der Waals surface area contributed by atoms with Gasteiger partial charge in [0, 0.05) is 23.5 Å². The number of nitrogens with zero attached hydrogens (tertiary/aromatic N) is 2. The standard InChI is InChI=1S/C16H18N2O2/c1-10-4-5-15(11(2)6-10)18-8-14-13(9-19)7-17-12(3)16(14)20/h4-8,19-20H,9H2,1-3H3. The summed E-state index contributed by atoms with van der Waals surface area (Å²) in [6.45, 7) is 5.55. The number of rotatable bonds is 3. The molecule has 4 heteroatoms. The maximum absolute atomic E-state index is 10.0. The molecule has 0 amide bonds. The summed E-state index contributed by atoms with van der Waals surface area (Å²) >= 11 is 0. The van der Waals surface area contributed by atoms with Gasteiger partial charge in [0.05, 0.1) is 18.0 Å². The number of aliphatic hydroxyl groups excluding tert-OH is 1. The Kier molecular flexibility index (Phi) is 4.15. The van der Waals surface area contributed by atoms with Gasteiger partial charge in [-0.15, -0.1) is 0 Å². The van der Waals surface area contributed by atoms with Gasteiger partial charge in [0.1, 0.15) is 5.75 Å². The highest BCUT2D eigenvalue weighted by Crippen LogP contribution is 2.24. The smallest absolute Gasteiger partial charge is 0.145 e. The van der Waals surface area contributed by atoms with Crippen molar-refractivity contribution >= 4 is 11.9 Å². The van der Waals surface area contributed by atoms with Gasteiger partial charge in [-0.25, -0.2) is 0 Å². The fourth-order valence-electron chi connectivity index (χ4n) is 2.01. The Bertz CT molecular complexity index is 664. The minimum absolute atomic E-state index is 0.0602. The van der Waals surface area contributed by atoms with E-state index in [2.05, 4.69) is 16.0 Å². The lowest BCUT2D eigenvalue weighted by atomic mass is 10.1. The first kappa shape index (κ1) is 14.2. The van der Waals surface area contributed by atoms with E-state index in [1.54, 1.807) is 19.3 Å². The molecule has 1 aromatic heterocycles. The van der Waals surface area contributed by atoms with E-state index < -0.39 is 0 Å². The van der Waals surface area contributed by atoms with Gasteiger partial charge in [-0.05, 0) is 32.4 Å². The molecule has 0 fully saturated rings. The molecule has 4 nitrogen and oxygen atoms in total. The summed E-state index contributed by atoms with van der Waals surface area (Å²) in [7, 11) is 0. The number of aromatic nitrogens is 1. The Morgan fingerprint density at radius 3 is 2.65 bits per heavy atom. The zero-order chi connectivity index (χ0) is 14.7. The molecule has 0 atom stereocenters. The van der Waals surface area contributed by atoms with Crippen LogP contribution in [0, 0.1) is 20.8 Å². The lowest BCUT2D eigenvalue weighted by Gasteiger charge is -2.07. The number of pyridine rings is 1. The number of aliphatic imine (C=N–C) groups is 1. The van der Waals surface area contributed by atoms with Crippen LogP contribution in [0.3, 0.4) is 0 Å². The Hall–Kier alpha value is -2.20. The molecule has 20 heavy (non-hydrogen) atoms. The van der Waals surface area contributed by atoms with Crippen LogP contribution in [0.5, 0.6) is 5.75 Å². The van der Waals surface area contributed by atoms with Gasteiger partial charge < -0.3 is 10.2 Å². The number of aliphatic hydroxyl groups is 1. The summed E-state index contributed by atoms with van der Waals surface area (Å²) in [6.07, 6.45) is 3.13. The Labute approximate surface area is 118 Å². The van der Waals surface area contributed by atoms with Crippen molar-refractivity contribution in [1.82, 2.24) is 4.98 Å². The molecule has 0 aliphatic rings. The van der Waals surface area contributed by atoms with E-state index in [4.69, 9.17) is 0 Å². The van der Waals surface area contributed by atoms with Crippen LogP contribution in [-0.2, 0) is 6.61 Å². The predicted molar refractivity (Wildman–Crippen MR) is 79.7 cm³/mol. The average molecular weight is 270 g/mol. The van der Waals surface area contributed by atoms with Crippen LogP contribution in [0.4, 0.5) is 5.69 Å². The van der Waals surface area contributed by atoms with Crippen molar-refractivity contribution < 1.29 is 10.2 Å². The number of hydrogen-bond acceptors (Lipinski definition) is 4. The summed E-state index contributed by atoms with van der Waals surface area (Å²) in [4.78, 5) is 8.43. The first-order valence-electron chi connectivity index (χ1n) is 6.42. The minimum atomic E-state index is -0.185. The first-order chi connectivity index (χ1) is 9.52. The molecule has 0 radical (unpaired) electrons. The van der Waals surface area contributed by atoms with Gasteiger partial charge in [-0.1, -0.05) is 17.7 Å². The third kappa shape index (κ3) is 2.86. The number of benzene rings is 1. The zero-order valence-corrected chi connectivity index (χ0v) is 11.9. The maximum atomic E-state index is 10.0. The van der Waals surface area contributed by atoms with Gasteiger partial charge in [0.25, 0.3) is 0 Å². The van der Waals surface area contributed by atoms with Gasteiger partial charge in [0.15, 0.2) is 0 Å². The van der Waals surface area contributed by atoms with Gasteiger partial charge in [0.2, 0.25) is 0 Å². The molecule has 0 unspecified atom stereocenters. The molecule has 0 aliphatic heterocycles. The van der Waals surface area contributed by atoms with Crippen molar-refractivity contribution in [2.45, 2.75) is 27.4 Å². The average Bonchev–Trinajstić information content (AvgIpc) is 2.42. The van der Waals surface area contributed by atoms with E-state index in [1.807, 2.05) is 26.0 Å². The fourth-order valence-corrected chi connectivity index (χ4v) is 2.01. The summed E-state index contributed by atoms with van der Waals surface area (Å²) in [5.74, 6) is 0.0602. The SMILES string of the molecule is Cc1ccc(N=Cc2c(CO)cnc(C)c2O)c(C)c1. The van der Waals surface area contributed by atoms with E-state index in [1.165, 1.54) is 5.56 Å².